The predicted octanol–water partition coefficient (Wildman–Crippen LogP) is 2.84. The van der Waals surface area contributed by atoms with Crippen LogP contribution >= 0.6 is 0 Å². The fourth-order valence-corrected chi connectivity index (χ4v) is 2.51. The van der Waals surface area contributed by atoms with E-state index in [0.29, 0.717) is 17.8 Å². The third-order valence-corrected chi connectivity index (χ3v) is 3.67. The highest BCUT2D eigenvalue weighted by Crippen LogP contribution is 2.35. The van der Waals surface area contributed by atoms with Gasteiger partial charge in [-0.2, -0.15) is 0 Å². The summed E-state index contributed by atoms with van der Waals surface area (Å²) >= 11 is 0. The first kappa shape index (κ1) is 14.0. The standard InChI is InChI=1S/C13H23NO3/c1-8(2)11-6-5-9(3)7-12(11)17-13(15)10(4)14-16/h8-9,11-12,16H,5-7H2,1-4H3/b14-10-/t9-,11+,12-/m1/s1. The molecule has 0 spiro atoms. The van der Waals surface area contributed by atoms with Crippen LogP contribution in [0.25, 0.3) is 0 Å². The van der Waals surface area contributed by atoms with Crippen LogP contribution < -0.4 is 0 Å². The number of ether oxygens (including phenoxy) is 1. The monoisotopic (exact) mass is 241 g/mol. The second-order valence-corrected chi connectivity index (χ2v) is 5.46. The summed E-state index contributed by atoms with van der Waals surface area (Å²) in [5.41, 5.74) is 0.0192. The zero-order valence-corrected chi connectivity index (χ0v) is 11.1. The molecule has 0 aromatic rings. The van der Waals surface area contributed by atoms with E-state index < -0.39 is 5.97 Å². The second-order valence-electron chi connectivity index (χ2n) is 5.46. The summed E-state index contributed by atoms with van der Waals surface area (Å²) in [6.45, 7) is 7.96. The lowest BCUT2D eigenvalue weighted by Gasteiger charge is -2.36. The van der Waals surface area contributed by atoms with Gasteiger partial charge in [0, 0.05) is 0 Å². The van der Waals surface area contributed by atoms with E-state index in [-0.39, 0.29) is 11.8 Å². The molecule has 0 radical (unpaired) electrons. The molecule has 4 nitrogen and oxygen atoms in total. The van der Waals surface area contributed by atoms with Crippen molar-refractivity contribution in [1.29, 1.82) is 0 Å². The van der Waals surface area contributed by atoms with Crippen LogP contribution in [0, 0.1) is 17.8 Å². The summed E-state index contributed by atoms with van der Waals surface area (Å²) in [5.74, 6) is 1.01. The summed E-state index contributed by atoms with van der Waals surface area (Å²) in [6, 6.07) is 0. The van der Waals surface area contributed by atoms with Crippen LogP contribution in [-0.2, 0) is 9.53 Å². The van der Waals surface area contributed by atoms with E-state index in [2.05, 4.69) is 25.9 Å². The molecule has 17 heavy (non-hydrogen) atoms. The molecule has 0 amide bonds. The summed E-state index contributed by atoms with van der Waals surface area (Å²) in [7, 11) is 0. The van der Waals surface area contributed by atoms with Crippen LogP contribution in [0.3, 0.4) is 0 Å². The minimum absolute atomic E-state index is 0.0192. The molecule has 0 saturated heterocycles. The molecule has 1 fully saturated rings. The van der Waals surface area contributed by atoms with E-state index in [1.807, 2.05) is 0 Å². The molecule has 0 aromatic heterocycles. The van der Waals surface area contributed by atoms with Gasteiger partial charge in [-0.1, -0.05) is 32.3 Å². The van der Waals surface area contributed by atoms with Crippen molar-refractivity contribution in [3.05, 3.63) is 0 Å². The van der Waals surface area contributed by atoms with Crippen LogP contribution in [0.2, 0.25) is 0 Å². The van der Waals surface area contributed by atoms with Gasteiger partial charge in [0.1, 0.15) is 6.10 Å². The minimum atomic E-state index is -0.503. The number of carbonyl (C=O) groups is 1. The maximum Gasteiger partial charge on any atom is 0.356 e. The predicted molar refractivity (Wildman–Crippen MR) is 66.1 cm³/mol. The SMILES string of the molecule is C/C(=N/O)C(=O)O[C@@H]1C[C@H](C)CC[C@H]1C(C)C. The van der Waals surface area contributed by atoms with E-state index >= 15 is 0 Å². The largest absolute Gasteiger partial charge is 0.458 e. The highest BCUT2D eigenvalue weighted by atomic mass is 16.5. The summed E-state index contributed by atoms with van der Waals surface area (Å²) in [5, 5.41) is 11.4. The molecule has 1 saturated carbocycles. The van der Waals surface area contributed by atoms with Crippen molar-refractivity contribution in [1.82, 2.24) is 0 Å². The van der Waals surface area contributed by atoms with Crippen LogP contribution in [0.4, 0.5) is 0 Å². The molecule has 0 unspecified atom stereocenters. The van der Waals surface area contributed by atoms with Gasteiger partial charge in [-0.05, 0) is 37.5 Å². The number of hydrogen-bond donors (Lipinski definition) is 1. The van der Waals surface area contributed by atoms with E-state index in [9.17, 15) is 4.79 Å². The van der Waals surface area contributed by atoms with Gasteiger partial charge >= 0.3 is 5.97 Å². The van der Waals surface area contributed by atoms with Crippen molar-refractivity contribution in [3.63, 3.8) is 0 Å². The third-order valence-electron chi connectivity index (χ3n) is 3.67. The van der Waals surface area contributed by atoms with Crippen LogP contribution in [-0.4, -0.2) is 23.0 Å². The van der Waals surface area contributed by atoms with Crippen molar-refractivity contribution in [2.75, 3.05) is 0 Å². The van der Waals surface area contributed by atoms with E-state index in [1.54, 1.807) is 0 Å². The zero-order chi connectivity index (χ0) is 13.0. The van der Waals surface area contributed by atoms with E-state index in [0.717, 1.165) is 12.8 Å². The lowest BCUT2D eigenvalue weighted by molar-refractivity contribution is -0.147. The lowest BCUT2D eigenvalue weighted by atomic mass is 9.75. The molecule has 1 rings (SSSR count). The Bertz CT molecular complexity index is 299. The zero-order valence-electron chi connectivity index (χ0n) is 11.1. The number of carbonyl (C=O) groups excluding carboxylic acids is 1. The van der Waals surface area contributed by atoms with Gasteiger partial charge < -0.3 is 9.94 Å². The third kappa shape index (κ3) is 3.72. The van der Waals surface area contributed by atoms with Gasteiger partial charge in [-0.3, -0.25) is 0 Å². The molecule has 4 heteroatoms. The summed E-state index contributed by atoms with van der Waals surface area (Å²) < 4.78 is 5.46. The fourth-order valence-electron chi connectivity index (χ4n) is 2.51. The van der Waals surface area contributed by atoms with Crippen molar-refractivity contribution in [3.8, 4) is 0 Å². The van der Waals surface area contributed by atoms with Gasteiger partial charge in [-0.25, -0.2) is 4.79 Å². The summed E-state index contributed by atoms with van der Waals surface area (Å²) in [4.78, 5) is 11.6. The van der Waals surface area contributed by atoms with Gasteiger partial charge in [0.05, 0.1) is 0 Å². The first-order valence-corrected chi connectivity index (χ1v) is 6.35. The minimum Gasteiger partial charge on any atom is -0.458 e. The van der Waals surface area contributed by atoms with Crippen LogP contribution in [0.15, 0.2) is 5.16 Å². The first-order chi connectivity index (χ1) is 7.95. The highest BCUT2D eigenvalue weighted by Gasteiger charge is 2.33. The van der Waals surface area contributed by atoms with Crippen molar-refractivity contribution in [2.24, 2.45) is 22.9 Å². The Morgan fingerprint density at radius 1 is 1.41 bits per heavy atom. The molecule has 1 aliphatic carbocycles. The Hall–Kier alpha value is -1.06. The smallest absolute Gasteiger partial charge is 0.356 e. The average molecular weight is 241 g/mol. The van der Waals surface area contributed by atoms with Crippen molar-refractivity contribution in [2.45, 2.75) is 53.1 Å². The Labute approximate surface area is 103 Å². The van der Waals surface area contributed by atoms with Crippen LogP contribution in [0.1, 0.15) is 47.0 Å². The van der Waals surface area contributed by atoms with Crippen molar-refractivity contribution >= 4 is 11.7 Å². The maximum absolute atomic E-state index is 11.6. The molecule has 0 aliphatic heterocycles. The quantitative estimate of drug-likeness (QED) is 0.358. The lowest BCUT2D eigenvalue weighted by Crippen LogP contribution is -2.37. The molecule has 1 N–H and O–H groups in total. The first-order valence-electron chi connectivity index (χ1n) is 6.35. The number of oxime groups is 1. The fraction of sp³-hybridized carbons (Fsp3) is 0.846. The Balaban J connectivity index is 2.67. The van der Waals surface area contributed by atoms with Crippen molar-refractivity contribution < 1.29 is 14.7 Å². The van der Waals surface area contributed by atoms with Gasteiger partial charge in [0.15, 0.2) is 5.71 Å². The van der Waals surface area contributed by atoms with Crippen LogP contribution in [0.5, 0.6) is 0 Å². The van der Waals surface area contributed by atoms with Gasteiger partial charge in [0.2, 0.25) is 0 Å². The number of esters is 1. The second kappa shape index (κ2) is 6.03. The molecule has 3 atom stereocenters. The van der Waals surface area contributed by atoms with Gasteiger partial charge in [0.25, 0.3) is 0 Å². The van der Waals surface area contributed by atoms with Gasteiger partial charge in [-0.15, -0.1) is 0 Å². The molecule has 1 aliphatic rings. The number of rotatable bonds is 3. The van der Waals surface area contributed by atoms with E-state index in [4.69, 9.17) is 9.94 Å². The molecular weight excluding hydrogens is 218 g/mol. The molecular formula is C13H23NO3. The number of hydrogen-bond acceptors (Lipinski definition) is 4. The molecule has 0 aromatic carbocycles. The molecule has 98 valence electrons. The Morgan fingerprint density at radius 2 is 2.06 bits per heavy atom. The Kier molecular flexibility index (Phi) is 4.97. The topological polar surface area (TPSA) is 58.9 Å². The molecule has 0 bridgehead atoms. The molecule has 0 heterocycles. The maximum atomic E-state index is 11.6. The Morgan fingerprint density at radius 3 is 2.59 bits per heavy atom. The normalized spacial score (nSPS) is 30.4. The highest BCUT2D eigenvalue weighted by molar-refractivity contribution is 6.35. The summed E-state index contributed by atoms with van der Waals surface area (Å²) in [6.07, 6.45) is 3.17. The number of nitrogens with zero attached hydrogens (tertiary/aromatic N) is 1. The average Bonchev–Trinajstić information content (AvgIpc) is 2.27. The van der Waals surface area contributed by atoms with E-state index in [1.165, 1.54) is 13.3 Å².